The molecule has 1 aromatic carbocycles. The highest BCUT2D eigenvalue weighted by Gasteiger charge is 2.44. The van der Waals surface area contributed by atoms with Gasteiger partial charge in [0, 0.05) is 45.4 Å². The molecule has 27 heavy (non-hydrogen) atoms. The second-order valence-corrected chi connectivity index (χ2v) is 8.44. The van der Waals surface area contributed by atoms with Gasteiger partial charge in [-0.2, -0.15) is 0 Å². The molecule has 3 saturated heterocycles. The summed E-state index contributed by atoms with van der Waals surface area (Å²) in [5, 5.41) is 20.5. The summed E-state index contributed by atoms with van der Waals surface area (Å²) in [5.41, 5.74) is 0.465. The van der Waals surface area contributed by atoms with Crippen molar-refractivity contribution in [2.24, 2.45) is 5.41 Å². The number of nitrogens with zero attached hydrogens (tertiary/aromatic N) is 2. The number of aliphatic hydroxyl groups is 1. The SMILES string of the molecule is O=C(c1ccccc1O)N1CCC2(CC1)CC(O)CN(C1CCOCC1)C2. The number of rotatable bonds is 2. The minimum absolute atomic E-state index is 0.0431. The fraction of sp³-hybridized carbons (Fsp3) is 0.667. The second kappa shape index (κ2) is 7.78. The van der Waals surface area contributed by atoms with Gasteiger partial charge in [0.2, 0.25) is 0 Å². The molecule has 0 radical (unpaired) electrons. The molecule has 3 aliphatic heterocycles. The van der Waals surface area contributed by atoms with Gasteiger partial charge in [-0.1, -0.05) is 12.1 Å². The van der Waals surface area contributed by atoms with Gasteiger partial charge in [-0.3, -0.25) is 9.69 Å². The maximum absolute atomic E-state index is 12.8. The van der Waals surface area contributed by atoms with Gasteiger partial charge in [0.1, 0.15) is 5.75 Å². The van der Waals surface area contributed by atoms with Gasteiger partial charge in [-0.25, -0.2) is 0 Å². The van der Waals surface area contributed by atoms with Crippen LogP contribution in [0.1, 0.15) is 42.5 Å². The van der Waals surface area contributed by atoms with Crippen LogP contribution in [0.4, 0.5) is 0 Å². The first-order valence-electron chi connectivity index (χ1n) is 10.1. The number of benzene rings is 1. The summed E-state index contributed by atoms with van der Waals surface area (Å²) in [4.78, 5) is 17.1. The highest BCUT2D eigenvalue weighted by atomic mass is 16.5. The van der Waals surface area contributed by atoms with Gasteiger partial charge < -0.3 is 19.8 Å². The van der Waals surface area contributed by atoms with Crippen molar-refractivity contribution in [3.05, 3.63) is 29.8 Å². The first-order valence-corrected chi connectivity index (χ1v) is 10.1. The maximum Gasteiger partial charge on any atom is 0.257 e. The molecular weight excluding hydrogens is 344 g/mol. The highest BCUT2D eigenvalue weighted by molar-refractivity contribution is 5.96. The van der Waals surface area contributed by atoms with Gasteiger partial charge in [0.25, 0.3) is 5.91 Å². The molecule has 1 aromatic rings. The van der Waals surface area contributed by atoms with Crippen LogP contribution in [0.5, 0.6) is 5.75 Å². The quantitative estimate of drug-likeness (QED) is 0.827. The number of aliphatic hydroxyl groups excluding tert-OH is 1. The molecule has 6 nitrogen and oxygen atoms in total. The molecule has 0 aliphatic carbocycles. The van der Waals surface area contributed by atoms with Gasteiger partial charge >= 0.3 is 0 Å². The first-order chi connectivity index (χ1) is 13.1. The maximum atomic E-state index is 12.8. The van der Waals surface area contributed by atoms with Gasteiger partial charge in [0.15, 0.2) is 0 Å². The fourth-order valence-corrected chi connectivity index (χ4v) is 5.09. The Morgan fingerprint density at radius 2 is 1.85 bits per heavy atom. The third-order valence-electron chi connectivity index (χ3n) is 6.61. The number of para-hydroxylation sites is 1. The van der Waals surface area contributed by atoms with E-state index in [0.717, 1.165) is 58.4 Å². The number of carbonyl (C=O) groups excluding carboxylic acids is 1. The zero-order chi connectivity index (χ0) is 18.9. The smallest absolute Gasteiger partial charge is 0.257 e. The molecule has 3 aliphatic rings. The van der Waals surface area contributed by atoms with Crippen LogP contribution in [-0.2, 0) is 4.74 Å². The van der Waals surface area contributed by atoms with Crippen molar-refractivity contribution in [2.45, 2.75) is 44.2 Å². The molecule has 148 valence electrons. The molecule has 0 saturated carbocycles. The van der Waals surface area contributed by atoms with E-state index >= 15 is 0 Å². The summed E-state index contributed by atoms with van der Waals surface area (Å²) >= 11 is 0. The van der Waals surface area contributed by atoms with Crippen molar-refractivity contribution in [1.29, 1.82) is 0 Å². The molecule has 0 aromatic heterocycles. The summed E-state index contributed by atoms with van der Waals surface area (Å²) in [7, 11) is 0. The van der Waals surface area contributed by atoms with E-state index in [1.807, 2.05) is 4.90 Å². The highest BCUT2D eigenvalue weighted by Crippen LogP contribution is 2.41. The van der Waals surface area contributed by atoms with Crippen molar-refractivity contribution < 1.29 is 19.7 Å². The van der Waals surface area contributed by atoms with E-state index in [-0.39, 0.29) is 23.2 Å². The van der Waals surface area contributed by atoms with Crippen LogP contribution >= 0.6 is 0 Å². The number of phenols is 1. The largest absolute Gasteiger partial charge is 0.507 e. The minimum atomic E-state index is -0.290. The first kappa shape index (κ1) is 18.7. The van der Waals surface area contributed by atoms with Crippen molar-refractivity contribution >= 4 is 5.91 Å². The number of piperidine rings is 2. The van der Waals surface area contributed by atoms with E-state index in [0.29, 0.717) is 24.7 Å². The lowest BCUT2D eigenvalue weighted by Crippen LogP contribution is -2.57. The molecule has 4 rings (SSSR count). The summed E-state index contributed by atoms with van der Waals surface area (Å²) in [6.45, 7) is 4.75. The fourth-order valence-electron chi connectivity index (χ4n) is 5.09. The number of amides is 1. The molecule has 1 spiro atoms. The minimum Gasteiger partial charge on any atom is -0.507 e. The molecule has 1 unspecified atom stereocenters. The standard InChI is InChI=1S/C21H30N2O4/c24-17-13-21(15-23(14-17)16-5-11-27-12-6-16)7-9-22(10-8-21)20(26)18-3-1-2-4-19(18)25/h1-4,16-17,24-25H,5-15H2. The molecular formula is C21H30N2O4. The Balaban J connectivity index is 1.41. The van der Waals surface area contributed by atoms with Crippen LogP contribution in [0.15, 0.2) is 24.3 Å². The van der Waals surface area contributed by atoms with Crippen molar-refractivity contribution in [3.8, 4) is 5.75 Å². The predicted molar refractivity (Wildman–Crippen MR) is 102 cm³/mol. The van der Waals surface area contributed by atoms with Crippen molar-refractivity contribution in [2.75, 3.05) is 39.4 Å². The number of carbonyl (C=O) groups is 1. The number of ether oxygens (including phenoxy) is 1. The van der Waals surface area contributed by atoms with E-state index in [4.69, 9.17) is 4.74 Å². The second-order valence-electron chi connectivity index (χ2n) is 8.44. The number of likely N-dealkylation sites (tertiary alicyclic amines) is 2. The summed E-state index contributed by atoms with van der Waals surface area (Å²) in [5.74, 6) is -0.0536. The van der Waals surface area contributed by atoms with E-state index in [1.165, 1.54) is 0 Å². The molecule has 3 fully saturated rings. The number of aromatic hydroxyl groups is 1. The third kappa shape index (κ3) is 3.98. The molecule has 2 N–H and O–H groups in total. The predicted octanol–water partition coefficient (Wildman–Crippen LogP) is 1.86. The average Bonchev–Trinajstić information content (AvgIpc) is 2.68. The number of hydrogen-bond acceptors (Lipinski definition) is 5. The lowest BCUT2D eigenvalue weighted by molar-refractivity contribution is -0.0695. The number of phenolic OH excluding ortho intramolecular Hbond substituents is 1. The Hall–Kier alpha value is -1.63. The topological polar surface area (TPSA) is 73.2 Å². The Morgan fingerprint density at radius 3 is 2.56 bits per heavy atom. The third-order valence-corrected chi connectivity index (χ3v) is 6.61. The molecule has 1 atom stereocenters. The van der Waals surface area contributed by atoms with Crippen LogP contribution < -0.4 is 0 Å². The zero-order valence-electron chi connectivity index (χ0n) is 15.8. The average molecular weight is 374 g/mol. The summed E-state index contributed by atoms with van der Waals surface area (Å²) < 4.78 is 5.49. The Bertz CT molecular complexity index is 666. The Labute approximate surface area is 160 Å². The molecule has 3 heterocycles. The molecule has 6 heteroatoms. The van der Waals surface area contributed by atoms with Crippen LogP contribution in [0.25, 0.3) is 0 Å². The monoisotopic (exact) mass is 374 g/mol. The van der Waals surface area contributed by atoms with Crippen molar-refractivity contribution in [1.82, 2.24) is 9.80 Å². The van der Waals surface area contributed by atoms with Crippen LogP contribution in [0.2, 0.25) is 0 Å². The van der Waals surface area contributed by atoms with Crippen molar-refractivity contribution in [3.63, 3.8) is 0 Å². The lowest BCUT2D eigenvalue weighted by Gasteiger charge is -2.51. The van der Waals surface area contributed by atoms with Gasteiger partial charge in [-0.15, -0.1) is 0 Å². The van der Waals surface area contributed by atoms with Crippen LogP contribution in [0, 0.1) is 5.41 Å². The number of hydrogen-bond donors (Lipinski definition) is 2. The summed E-state index contributed by atoms with van der Waals surface area (Å²) in [6, 6.07) is 7.25. The van der Waals surface area contributed by atoms with Gasteiger partial charge in [0.05, 0.1) is 11.7 Å². The Morgan fingerprint density at radius 1 is 1.15 bits per heavy atom. The van der Waals surface area contributed by atoms with Crippen LogP contribution in [-0.4, -0.2) is 77.5 Å². The van der Waals surface area contributed by atoms with E-state index in [1.54, 1.807) is 24.3 Å². The van der Waals surface area contributed by atoms with Gasteiger partial charge in [-0.05, 0) is 49.7 Å². The lowest BCUT2D eigenvalue weighted by atomic mass is 9.71. The normalized spacial score (nSPS) is 27.0. The molecule has 1 amide bonds. The summed E-state index contributed by atoms with van der Waals surface area (Å²) in [6.07, 6.45) is 4.43. The Kier molecular flexibility index (Phi) is 5.39. The molecule has 0 bridgehead atoms. The van der Waals surface area contributed by atoms with E-state index in [2.05, 4.69) is 4.90 Å². The van der Waals surface area contributed by atoms with E-state index < -0.39 is 0 Å². The zero-order valence-corrected chi connectivity index (χ0v) is 15.8. The number of β-amino-alcohol motifs (C(OH)–C–C–N with tert-alkyl or cyclic N) is 1. The van der Waals surface area contributed by atoms with Crippen LogP contribution in [0.3, 0.4) is 0 Å². The van der Waals surface area contributed by atoms with E-state index in [9.17, 15) is 15.0 Å².